The molecule has 2 rings (SSSR count). The monoisotopic (exact) mass is 248 g/mol. The van der Waals surface area contributed by atoms with Crippen LogP contribution < -0.4 is 4.74 Å². The van der Waals surface area contributed by atoms with Crippen molar-refractivity contribution in [2.24, 2.45) is 0 Å². The third-order valence-electron chi connectivity index (χ3n) is 2.50. The molecule has 0 bridgehead atoms. The summed E-state index contributed by atoms with van der Waals surface area (Å²) in [5, 5.41) is 0. The quantitative estimate of drug-likeness (QED) is 0.742. The molecule has 2 aromatic rings. The summed E-state index contributed by atoms with van der Waals surface area (Å²) in [7, 11) is 0. The van der Waals surface area contributed by atoms with E-state index >= 15 is 0 Å². The van der Waals surface area contributed by atoms with Crippen LogP contribution in [0.5, 0.6) is 5.75 Å². The molecule has 0 saturated heterocycles. The van der Waals surface area contributed by atoms with E-state index in [-0.39, 0.29) is 0 Å². The van der Waals surface area contributed by atoms with Crippen molar-refractivity contribution < 1.29 is 9.13 Å². The summed E-state index contributed by atoms with van der Waals surface area (Å²) in [6.07, 6.45) is 2.04. The Morgan fingerprint density at radius 1 is 1.06 bits per heavy atom. The highest BCUT2D eigenvalue weighted by Gasteiger charge is 2.05. The van der Waals surface area contributed by atoms with Gasteiger partial charge in [0.25, 0.3) is 0 Å². The number of benzene rings is 2. The van der Waals surface area contributed by atoms with Crippen LogP contribution in [-0.4, -0.2) is 13.1 Å². The number of hydrogen-bond donors (Lipinski definition) is 0. The molecule has 3 heteroatoms. The molecule has 17 heavy (non-hydrogen) atoms. The molecular weight excluding hydrogens is 235 g/mol. The predicted octanol–water partition coefficient (Wildman–Crippen LogP) is 4.38. The standard InChI is InChI=1S/C14H13FOS/c1-17-12-8-6-11(7-9-12)13-4-2-3-5-14(13)16-10-15/h2-9H,10H2,1H3. The molecule has 1 nitrogen and oxygen atoms in total. The Morgan fingerprint density at radius 2 is 1.76 bits per heavy atom. The van der Waals surface area contributed by atoms with E-state index in [1.807, 2.05) is 48.7 Å². The summed E-state index contributed by atoms with van der Waals surface area (Å²) >= 11 is 1.70. The first-order valence-corrected chi connectivity index (χ1v) is 6.50. The first-order chi connectivity index (χ1) is 8.35. The molecule has 0 N–H and O–H groups in total. The average molecular weight is 248 g/mol. The highest BCUT2D eigenvalue weighted by Crippen LogP contribution is 2.30. The SMILES string of the molecule is CSc1ccc(-c2ccccc2OCF)cc1. The van der Waals surface area contributed by atoms with Crippen molar-refractivity contribution in [2.75, 3.05) is 13.1 Å². The van der Waals surface area contributed by atoms with Gasteiger partial charge in [-0.2, -0.15) is 0 Å². The summed E-state index contributed by atoms with van der Waals surface area (Å²) < 4.78 is 17.2. The predicted molar refractivity (Wildman–Crippen MR) is 70.3 cm³/mol. The van der Waals surface area contributed by atoms with E-state index in [4.69, 9.17) is 4.74 Å². The second-order valence-electron chi connectivity index (χ2n) is 3.48. The first kappa shape index (κ1) is 12.0. The van der Waals surface area contributed by atoms with Gasteiger partial charge >= 0.3 is 0 Å². The van der Waals surface area contributed by atoms with Gasteiger partial charge in [-0.05, 0) is 30.0 Å². The summed E-state index contributed by atoms with van der Waals surface area (Å²) in [6, 6.07) is 15.6. The largest absolute Gasteiger partial charge is 0.462 e. The highest BCUT2D eigenvalue weighted by atomic mass is 32.2. The summed E-state index contributed by atoms with van der Waals surface area (Å²) in [5.74, 6) is 0.576. The third kappa shape index (κ3) is 2.80. The second kappa shape index (κ2) is 5.73. The van der Waals surface area contributed by atoms with Gasteiger partial charge in [-0.1, -0.05) is 30.3 Å². The van der Waals surface area contributed by atoms with Crippen LogP contribution >= 0.6 is 11.8 Å². The number of rotatable bonds is 4. The molecule has 0 atom stereocenters. The van der Waals surface area contributed by atoms with Gasteiger partial charge < -0.3 is 4.74 Å². The zero-order valence-corrected chi connectivity index (χ0v) is 10.3. The molecular formula is C14H13FOS. The molecule has 0 aromatic heterocycles. The van der Waals surface area contributed by atoms with E-state index in [0.29, 0.717) is 5.75 Å². The van der Waals surface area contributed by atoms with Crippen molar-refractivity contribution >= 4 is 11.8 Å². The lowest BCUT2D eigenvalue weighted by Crippen LogP contribution is -1.92. The molecule has 0 fully saturated rings. The summed E-state index contributed by atoms with van der Waals surface area (Å²) in [6.45, 7) is -0.806. The van der Waals surface area contributed by atoms with Gasteiger partial charge in [-0.3, -0.25) is 0 Å². The molecule has 0 unspecified atom stereocenters. The Bertz CT molecular complexity index is 482. The van der Waals surface area contributed by atoms with Gasteiger partial charge in [0.05, 0.1) is 0 Å². The highest BCUT2D eigenvalue weighted by molar-refractivity contribution is 7.98. The van der Waals surface area contributed by atoms with Crippen LogP contribution in [0.4, 0.5) is 4.39 Å². The lowest BCUT2D eigenvalue weighted by Gasteiger charge is -2.09. The number of thioether (sulfide) groups is 1. The number of ether oxygens (including phenoxy) is 1. The Morgan fingerprint density at radius 3 is 2.41 bits per heavy atom. The van der Waals surface area contributed by atoms with Crippen molar-refractivity contribution in [1.29, 1.82) is 0 Å². The Labute approximate surface area is 105 Å². The molecule has 0 aliphatic carbocycles. The average Bonchev–Trinajstić information content (AvgIpc) is 2.40. The minimum atomic E-state index is -0.806. The topological polar surface area (TPSA) is 9.23 Å². The lowest BCUT2D eigenvalue weighted by atomic mass is 10.1. The minimum Gasteiger partial charge on any atom is -0.462 e. The van der Waals surface area contributed by atoms with Crippen LogP contribution in [0.25, 0.3) is 11.1 Å². The van der Waals surface area contributed by atoms with Crippen molar-refractivity contribution in [1.82, 2.24) is 0 Å². The van der Waals surface area contributed by atoms with Crippen LogP contribution in [0.3, 0.4) is 0 Å². The van der Waals surface area contributed by atoms with E-state index in [9.17, 15) is 4.39 Å². The molecule has 0 radical (unpaired) electrons. The molecule has 0 spiro atoms. The Balaban J connectivity index is 2.37. The van der Waals surface area contributed by atoms with Crippen LogP contribution in [0.1, 0.15) is 0 Å². The maximum atomic E-state index is 12.3. The molecule has 0 heterocycles. The van der Waals surface area contributed by atoms with Crippen LogP contribution in [0.2, 0.25) is 0 Å². The second-order valence-corrected chi connectivity index (χ2v) is 4.36. The number of alkyl halides is 1. The smallest absolute Gasteiger partial charge is 0.228 e. The van der Waals surface area contributed by atoms with E-state index in [1.54, 1.807) is 17.8 Å². The van der Waals surface area contributed by atoms with Gasteiger partial charge in [0.2, 0.25) is 6.86 Å². The number of para-hydroxylation sites is 1. The Hall–Kier alpha value is -1.48. The van der Waals surface area contributed by atoms with Crippen molar-refractivity contribution in [3.05, 3.63) is 48.5 Å². The minimum absolute atomic E-state index is 0.576. The maximum absolute atomic E-state index is 12.3. The van der Waals surface area contributed by atoms with Crippen molar-refractivity contribution in [2.45, 2.75) is 4.90 Å². The third-order valence-corrected chi connectivity index (χ3v) is 3.24. The summed E-state index contributed by atoms with van der Waals surface area (Å²) in [5.41, 5.74) is 1.95. The lowest BCUT2D eigenvalue weighted by molar-refractivity contribution is 0.192. The van der Waals surface area contributed by atoms with Crippen molar-refractivity contribution in [3.63, 3.8) is 0 Å². The number of hydrogen-bond acceptors (Lipinski definition) is 2. The van der Waals surface area contributed by atoms with Gasteiger partial charge in [0, 0.05) is 10.5 Å². The van der Waals surface area contributed by atoms with Crippen LogP contribution in [-0.2, 0) is 0 Å². The maximum Gasteiger partial charge on any atom is 0.228 e. The van der Waals surface area contributed by atoms with Crippen molar-refractivity contribution in [3.8, 4) is 16.9 Å². The number of halogens is 1. The fraction of sp³-hybridized carbons (Fsp3) is 0.143. The van der Waals surface area contributed by atoms with E-state index in [1.165, 1.54) is 4.90 Å². The van der Waals surface area contributed by atoms with Gasteiger partial charge in [0.15, 0.2) is 0 Å². The van der Waals surface area contributed by atoms with E-state index in [0.717, 1.165) is 11.1 Å². The van der Waals surface area contributed by atoms with Gasteiger partial charge in [0.1, 0.15) is 5.75 Å². The van der Waals surface area contributed by atoms with Crippen LogP contribution in [0.15, 0.2) is 53.4 Å². The first-order valence-electron chi connectivity index (χ1n) is 5.27. The molecule has 0 aliphatic rings. The van der Waals surface area contributed by atoms with Crippen LogP contribution in [0, 0.1) is 0 Å². The zero-order chi connectivity index (χ0) is 12.1. The fourth-order valence-corrected chi connectivity index (χ4v) is 2.07. The molecule has 0 saturated carbocycles. The zero-order valence-electron chi connectivity index (χ0n) is 9.52. The van der Waals surface area contributed by atoms with Gasteiger partial charge in [-0.15, -0.1) is 11.8 Å². The normalized spacial score (nSPS) is 10.2. The van der Waals surface area contributed by atoms with Gasteiger partial charge in [-0.25, -0.2) is 4.39 Å². The summed E-state index contributed by atoms with van der Waals surface area (Å²) in [4.78, 5) is 1.21. The fourth-order valence-electron chi connectivity index (χ4n) is 1.66. The molecule has 0 amide bonds. The molecule has 0 aliphatic heterocycles. The Kier molecular flexibility index (Phi) is 4.04. The molecule has 88 valence electrons. The van der Waals surface area contributed by atoms with E-state index < -0.39 is 6.86 Å². The van der Waals surface area contributed by atoms with E-state index in [2.05, 4.69) is 0 Å². The molecule has 2 aromatic carbocycles.